The number of nitro benzene ring substituents is 1. The zero-order chi connectivity index (χ0) is 13.0. The summed E-state index contributed by atoms with van der Waals surface area (Å²) in [6, 6.07) is 4.82. The quantitative estimate of drug-likeness (QED) is 0.657. The maximum Gasteiger partial charge on any atom is 0.287 e. The monoisotopic (exact) mass is 253 g/mol. The zero-order valence-corrected chi connectivity index (χ0v) is 9.56. The van der Waals surface area contributed by atoms with Crippen LogP contribution >= 0.6 is 11.6 Å². The summed E-state index contributed by atoms with van der Waals surface area (Å²) in [6.45, 7) is 1.52. The fourth-order valence-corrected chi connectivity index (χ4v) is 1.36. The van der Waals surface area contributed by atoms with Crippen LogP contribution < -0.4 is 5.32 Å². The molecule has 0 heterocycles. The summed E-state index contributed by atoms with van der Waals surface area (Å²) in [5, 5.41) is 21.3. The predicted octanol–water partition coefficient (Wildman–Crippen LogP) is 1.89. The van der Waals surface area contributed by atoms with E-state index in [1.165, 1.54) is 19.1 Å². The molecule has 0 saturated heterocycles. The Hall–Kier alpha value is -2.13. The van der Waals surface area contributed by atoms with E-state index in [1.807, 2.05) is 6.07 Å². The molecular weight excluding hydrogens is 246 g/mol. The smallest absolute Gasteiger partial charge is 0.287 e. The van der Waals surface area contributed by atoms with Crippen molar-refractivity contribution in [1.29, 1.82) is 5.26 Å². The van der Waals surface area contributed by atoms with E-state index < -0.39 is 16.9 Å². The van der Waals surface area contributed by atoms with Crippen molar-refractivity contribution in [3.8, 4) is 6.07 Å². The van der Waals surface area contributed by atoms with E-state index in [1.54, 1.807) is 0 Å². The summed E-state index contributed by atoms with van der Waals surface area (Å²) >= 11 is 5.65. The number of benzene rings is 1. The molecule has 1 amide bonds. The molecule has 7 heteroatoms. The summed E-state index contributed by atoms with van der Waals surface area (Å²) in [7, 11) is 0. The van der Waals surface area contributed by atoms with E-state index in [-0.39, 0.29) is 16.3 Å². The Bertz CT molecular complexity index is 510. The van der Waals surface area contributed by atoms with Crippen LogP contribution in [0.15, 0.2) is 18.2 Å². The van der Waals surface area contributed by atoms with Gasteiger partial charge in [0.15, 0.2) is 0 Å². The zero-order valence-electron chi connectivity index (χ0n) is 8.81. The number of nitrogens with one attached hydrogen (secondary N) is 1. The van der Waals surface area contributed by atoms with E-state index in [9.17, 15) is 14.9 Å². The molecule has 88 valence electrons. The number of carbonyl (C=O) groups is 1. The Morgan fingerprint density at radius 1 is 1.65 bits per heavy atom. The molecule has 1 unspecified atom stereocenters. The van der Waals surface area contributed by atoms with Crippen molar-refractivity contribution in [3.63, 3.8) is 0 Å². The Balaban J connectivity index is 2.95. The van der Waals surface area contributed by atoms with Crippen molar-refractivity contribution in [2.75, 3.05) is 0 Å². The summed E-state index contributed by atoms with van der Waals surface area (Å²) in [5.41, 5.74) is -0.0979. The maximum absolute atomic E-state index is 11.6. The molecule has 1 aromatic carbocycles. The molecule has 0 fully saturated rings. The first-order chi connectivity index (χ1) is 7.95. The van der Waals surface area contributed by atoms with Gasteiger partial charge in [-0.3, -0.25) is 14.9 Å². The summed E-state index contributed by atoms with van der Waals surface area (Å²) in [5.74, 6) is -0.504. The third-order valence-electron chi connectivity index (χ3n) is 1.95. The van der Waals surface area contributed by atoms with E-state index in [2.05, 4.69) is 5.32 Å². The molecule has 0 aliphatic carbocycles. The molecule has 1 rings (SSSR count). The average Bonchev–Trinajstić information content (AvgIpc) is 2.28. The Morgan fingerprint density at radius 2 is 2.29 bits per heavy atom. The van der Waals surface area contributed by atoms with Gasteiger partial charge in [0.2, 0.25) is 0 Å². The van der Waals surface area contributed by atoms with Gasteiger partial charge in [0.1, 0.15) is 11.1 Å². The molecule has 1 N–H and O–H groups in total. The van der Waals surface area contributed by atoms with Crippen LogP contribution in [0.3, 0.4) is 0 Å². The average molecular weight is 254 g/mol. The third kappa shape index (κ3) is 3.16. The maximum atomic E-state index is 11.6. The highest BCUT2D eigenvalue weighted by atomic mass is 35.5. The molecule has 1 aromatic rings. The van der Waals surface area contributed by atoms with E-state index in [4.69, 9.17) is 16.9 Å². The fraction of sp³-hybridized carbons (Fsp3) is 0.200. The van der Waals surface area contributed by atoms with Gasteiger partial charge < -0.3 is 5.32 Å². The molecule has 0 aliphatic heterocycles. The van der Waals surface area contributed by atoms with Gasteiger partial charge in [0.25, 0.3) is 11.6 Å². The van der Waals surface area contributed by atoms with Crippen LogP contribution in [0.1, 0.15) is 17.3 Å². The van der Waals surface area contributed by atoms with Crippen LogP contribution in [0.5, 0.6) is 0 Å². The molecule has 0 bridgehead atoms. The lowest BCUT2D eigenvalue weighted by Crippen LogP contribution is -2.31. The molecule has 0 saturated carbocycles. The van der Waals surface area contributed by atoms with Crippen LogP contribution in [0.25, 0.3) is 0 Å². The summed E-state index contributed by atoms with van der Waals surface area (Å²) in [4.78, 5) is 21.4. The number of rotatable bonds is 3. The lowest BCUT2D eigenvalue weighted by atomic mass is 10.2. The number of hydrogen-bond donors (Lipinski definition) is 1. The number of halogens is 1. The minimum Gasteiger partial charge on any atom is -0.337 e. The molecule has 6 nitrogen and oxygen atoms in total. The van der Waals surface area contributed by atoms with Crippen LogP contribution in [-0.2, 0) is 0 Å². The van der Waals surface area contributed by atoms with Crippen molar-refractivity contribution in [2.45, 2.75) is 13.0 Å². The predicted molar refractivity (Wildman–Crippen MR) is 60.6 cm³/mol. The summed E-state index contributed by atoms with van der Waals surface area (Å²) < 4.78 is 0. The molecule has 1 atom stereocenters. The van der Waals surface area contributed by atoms with Crippen molar-refractivity contribution in [3.05, 3.63) is 38.9 Å². The largest absolute Gasteiger partial charge is 0.337 e. The third-order valence-corrected chi connectivity index (χ3v) is 2.25. The number of nitro groups is 1. The highest BCUT2D eigenvalue weighted by Gasteiger charge is 2.16. The van der Waals surface area contributed by atoms with Gasteiger partial charge in [-0.15, -0.1) is 0 Å². The Morgan fingerprint density at radius 3 is 2.76 bits per heavy atom. The topological polar surface area (TPSA) is 96.0 Å². The molecule has 17 heavy (non-hydrogen) atoms. The van der Waals surface area contributed by atoms with Gasteiger partial charge in [-0.25, -0.2) is 0 Å². The van der Waals surface area contributed by atoms with E-state index in [0.717, 1.165) is 6.07 Å². The summed E-state index contributed by atoms with van der Waals surface area (Å²) in [6.07, 6.45) is 0. The molecule has 0 spiro atoms. The number of nitrogens with zero attached hydrogens (tertiary/aromatic N) is 2. The highest BCUT2D eigenvalue weighted by Crippen LogP contribution is 2.24. The highest BCUT2D eigenvalue weighted by molar-refractivity contribution is 6.33. The SMILES string of the molecule is CC(C#N)NC(=O)c1ccc([N+](=O)[O-])c(Cl)c1. The Labute approximate surface area is 102 Å². The minimum atomic E-state index is -0.642. The van der Waals surface area contributed by atoms with Crippen molar-refractivity contribution in [2.24, 2.45) is 0 Å². The molecule has 0 aliphatic rings. The van der Waals surface area contributed by atoms with Crippen LogP contribution in [-0.4, -0.2) is 16.9 Å². The van der Waals surface area contributed by atoms with Crippen LogP contribution in [0.2, 0.25) is 5.02 Å². The number of hydrogen-bond acceptors (Lipinski definition) is 4. The first kappa shape index (κ1) is 12.9. The second-order valence-electron chi connectivity index (χ2n) is 3.25. The second kappa shape index (κ2) is 5.27. The van der Waals surface area contributed by atoms with Gasteiger partial charge in [-0.05, 0) is 19.1 Å². The normalized spacial score (nSPS) is 11.4. The van der Waals surface area contributed by atoms with Gasteiger partial charge in [-0.1, -0.05) is 11.6 Å². The first-order valence-corrected chi connectivity index (χ1v) is 4.98. The second-order valence-corrected chi connectivity index (χ2v) is 3.65. The standard InChI is InChI=1S/C10H8ClN3O3/c1-6(5-12)13-10(15)7-2-3-9(14(16)17)8(11)4-7/h2-4,6H,1H3,(H,13,15). The van der Waals surface area contributed by atoms with Gasteiger partial charge in [0, 0.05) is 11.6 Å². The van der Waals surface area contributed by atoms with Crippen LogP contribution in [0, 0.1) is 21.4 Å². The lowest BCUT2D eigenvalue weighted by Gasteiger charge is -2.06. The van der Waals surface area contributed by atoms with E-state index >= 15 is 0 Å². The van der Waals surface area contributed by atoms with Crippen molar-refractivity contribution < 1.29 is 9.72 Å². The number of amides is 1. The molecule has 0 radical (unpaired) electrons. The first-order valence-electron chi connectivity index (χ1n) is 4.60. The lowest BCUT2D eigenvalue weighted by molar-refractivity contribution is -0.384. The minimum absolute atomic E-state index is 0.118. The van der Waals surface area contributed by atoms with Gasteiger partial charge in [0.05, 0.1) is 11.0 Å². The molecular formula is C10H8ClN3O3. The fourth-order valence-electron chi connectivity index (χ4n) is 1.11. The number of nitriles is 1. The number of carbonyl (C=O) groups excluding carboxylic acids is 1. The van der Waals surface area contributed by atoms with Crippen molar-refractivity contribution in [1.82, 2.24) is 5.32 Å². The Kier molecular flexibility index (Phi) is 4.01. The molecule has 0 aromatic heterocycles. The van der Waals surface area contributed by atoms with E-state index in [0.29, 0.717) is 0 Å². The van der Waals surface area contributed by atoms with Gasteiger partial charge >= 0.3 is 0 Å². The van der Waals surface area contributed by atoms with Gasteiger partial charge in [-0.2, -0.15) is 5.26 Å². The van der Waals surface area contributed by atoms with Crippen LogP contribution in [0.4, 0.5) is 5.69 Å². The van der Waals surface area contributed by atoms with Crippen molar-refractivity contribution >= 4 is 23.2 Å².